The number of nitrogens with two attached hydrogens (primary N) is 1. The number of hydrogen-bond acceptors (Lipinski definition) is 2. The van der Waals surface area contributed by atoms with E-state index in [4.69, 9.17) is 5.73 Å². The molecular weight excluding hydrogens is 196 g/mol. The largest absolute Gasteiger partial charge is 0.329 e. The van der Waals surface area contributed by atoms with Gasteiger partial charge in [0.25, 0.3) is 0 Å². The topological polar surface area (TPSA) is 29.3 Å². The van der Waals surface area contributed by atoms with E-state index in [0.29, 0.717) is 6.04 Å². The molecule has 0 aromatic heterocycles. The number of nitrogens with zero attached hydrogens (tertiary/aromatic N) is 1. The molecule has 0 aromatic rings. The van der Waals surface area contributed by atoms with Gasteiger partial charge in [-0.2, -0.15) is 0 Å². The van der Waals surface area contributed by atoms with Gasteiger partial charge in [-0.25, -0.2) is 0 Å². The number of rotatable bonds is 4. The first-order chi connectivity index (χ1) is 7.47. The van der Waals surface area contributed by atoms with Crippen molar-refractivity contribution in [2.24, 2.45) is 17.6 Å². The molecular formula is C14H30N2. The molecule has 2 heteroatoms. The lowest BCUT2D eigenvalue weighted by molar-refractivity contribution is -0.00642. The maximum absolute atomic E-state index is 6.13. The SMILES string of the molecule is CCC(C)N(C)C1(CN)CCC(C)CC1C. The number of likely N-dealkylation sites (N-methyl/N-ethyl adjacent to an activating group) is 1. The average Bonchev–Trinajstić information content (AvgIpc) is 2.28. The fraction of sp³-hybridized carbons (Fsp3) is 1.00. The molecule has 16 heavy (non-hydrogen) atoms. The minimum Gasteiger partial charge on any atom is -0.329 e. The molecule has 2 N–H and O–H groups in total. The fourth-order valence-electron chi connectivity index (χ4n) is 3.37. The van der Waals surface area contributed by atoms with Gasteiger partial charge >= 0.3 is 0 Å². The van der Waals surface area contributed by atoms with Crippen LogP contribution < -0.4 is 5.73 Å². The molecule has 0 aromatic carbocycles. The lowest BCUT2D eigenvalue weighted by Gasteiger charge is -2.52. The summed E-state index contributed by atoms with van der Waals surface area (Å²) in [5, 5.41) is 0. The maximum atomic E-state index is 6.13. The van der Waals surface area contributed by atoms with Crippen molar-refractivity contribution in [1.29, 1.82) is 0 Å². The van der Waals surface area contributed by atoms with E-state index in [-0.39, 0.29) is 5.54 Å². The molecule has 1 aliphatic rings. The van der Waals surface area contributed by atoms with Crippen LogP contribution in [0.4, 0.5) is 0 Å². The first kappa shape index (κ1) is 14.0. The molecule has 0 aliphatic heterocycles. The van der Waals surface area contributed by atoms with Crippen LogP contribution in [0.3, 0.4) is 0 Å². The van der Waals surface area contributed by atoms with Crippen molar-refractivity contribution in [1.82, 2.24) is 4.90 Å². The van der Waals surface area contributed by atoms with Crippen LogP contribution >= 0.6 is 0 Å². The summed E-state index contributed by atoms with van der Waals surface area (Å²) in [5.74, 6) is 1.60. The Hall–Kier alpha value is -0.0800. The van der Waals surface area contributed by atoms with Gasteiger partial charge in [0, 0.05) is 18.1 Å². The fourth-order valence-corrected chi connectivity index (χ4v) is 3.37. The first-order valence-corrected chi connectivity index (χ1v) is 6.91. The van der Waals surface area contributed by atoms with E-state index in [1.807, 2.05) is 0 Å². The normalized spacial score (nSPS) is 37.7. The average molecular weight is 226 g/mol. The third kappa shape index (κ3) is 2.43. The molecule has 4 unspecified atom stereocenters. The van der Waals surface area contributed by atoms with Gasteiger partial charge < -0.3 is 5.73 Å². The van der Waals surface area contributed by atoms with Crippen LogP contribution in [0.1, 0.15) is 53.4 Å². The second-order valence-corrected chi connectivity index (χ2v) is 5.96. The predicted molar refractivity (Wildman–Crippen MR) is 71.5 cm³/mol. The van der Waals surface area contributed by atoms with Crippen LogP contribution in [0.5, 0.6) is 0 Å². The van der Waals surface area contributed by atoms with Crippen LogP contribution in [-0.4, -0.2) is 30.1 Å². The van der Waals surface area contributed by atoms with E-state index < -0.39 is 0 Å². The minimum absolute atomic E-state index is 0.252. The molecule has 0 saturated heterocycles. The second kappa shape index (κ2) is 5.50. The Morgan fingerprint density at radius 1 is 1.44 bits per heavy atom. The van der Waals surface area contributed by atoms with Crippen molar-refractivity contribution >= 4 is 0 Å². The Bertz CT molecular complexity index is 217. The lowest BCUT2D eigenvalue weighted by atomic mass is 9.68. The maximum Gasteiger partial charge on any atom is 0.0357 e. The molecule has 1 fully saturated rings. The third-order valence-corrected chi connectivity index (χ3v) is 5.05. The van der Waals surface area contributed by atoms with Gasteiger partial charge in [-0.15, -0.1) is 0 Å². The minimum atomic E-state index is 0.252. The van der Waals surface area contributed by atoms with Gasteiger partial charge in [-0.05, 0) is 51.5 Å². The Balaban J connectivity index is 2.83. The molecule has 0 bridgehead atoms. The Kier molecular flexibility index (Phi) is 4.81. The first-order valence-electron chi connectivity index (χ1n) is 6.91. The van der Waals surface area contributed by atoms with E-state index in [1.165, 1.54) is 25.7 Å². The van der Waals surface area contributed by atoms with Crippen LogP contribution in [0.15, 0.2) is 0 Å². The monoisotopic (exact) mass is 226 g/mol. The van der Waals surface area contributed by atoms with E-state index >= 15 is 0 Å². The van der Waals surface area contributed by atoms with Gasteiger partial charge in [0.05, 0.1) is 0 Å². The van der Waals surface area contributed by atoms with Crippen LogP contribution in [0.25, 0.3) is 0 Å². The van der Waals surface area contributed by atoms with Crippen LogP contribution in [-0.2, 0) is 0 Å². The van der Waals surface area contributed by atoms with E-state index in [1.54, 1.807) is 0 Å². The lowest BCUT2D eigenvalue weighted by Crippen LogP contribution is -2.60. The van der Waals surface area contributed by atoms with Crippen molar-refractivity contribution in [3.05, 3.63) is 0 Å². The van der Waals surface area contributed by atoms with E-state index in [2.05, 4.69) is 39.6 Å². The van der Waals surface area contributed by atoms with Crippen molar-refractivity contribution in [3.8, 4) is 0 Å². The number of hydrogen-bond donors (Lipinski definition) is 1. The van der Waals surface area contributed by atoms with Crippen LogP contribution in [0.2, 0.25) is 0 Å². The summed E-state index contributed by atoms with van der Waals surface area (Å²) in [6.45, 7) is 10.2. The van der Waals surface area contributed by atoms with Gasteiger partial charge in [0.1, 0.15) is 0 Å². The van der Waals surface area contributed by atoms with Gasteiger partial charge in [0.2, 0.25) is 0 Å². The highest BCUT2D eigenvalue weighted by molar-refractivity contribution is 4.99. The van der Waals surface area contributed by atoms with Crippen LogP contribution in [0, 0.1) is 11.8 Å². The molecule has 0 amide bonds. The highest BCUT2D eigenvalue weighted by Gasteiger charge is 2.43. The quantitative estimate of drug-likeness (QED) is 0.798. The van der Waals surface area contributed by atoms with Crippen molar-refractivity contribution in [2.75, 3.05) is 13.6 Å². The van der Waals surface area contributed by atoms with Crippen molar-refractivity contribution in [2.45, 2.75) is 65.0 Å². The summed E-state index contributed by atoms with van der Waals surface area (Å²) in [6.07, 6.45) is 5.15. The molecule has 4 atom stereocenters. The Morgan fingerprint density at radius 2 is 2.06 bits per heavy atom. The Labute approximate surface area is 102 Å². The molecule has 0 spiro atoms. The zero-order valence-electron chi connectivity index (χ0n) is 11.8. The molecule has 96 valence electrons. The third-order valence-electron chi connectivity index (χ3n) is 5.05. The molecule has 0 heterocycles. The van der Waals surface area contributed by atoms with E-state index in [0.717, 1.165) is 18.4 Å². The highest BCUT2D eigenvalue weighted by Crippen LogP contribution is 2.40. The second-order valence-electron chi connectivity index (χ2n) is 5.96. The summed E-state index contributed by atoms with van der Waals surface area (Å²) in [7, 11) is 2.27. The van der Waals surface area contributed by atoms with Crippen molar-refractivity contribution in [3.63, 3.8) is 0 Å². The molecule has 1 rings (SSSR count). The van der Waals surface area contributed by atoms with Gasteiger partial charge in [-0.3, -0.25) is 4.90 Å². The molecule has 1 saturated carbocycles. The zero-order valence-corrected chi connectivity index (χ0v) is 11.8. The van der Waals surface area contributed by atoms with Crippen molar-refractivity contribution < 1.29 is 0 Å². The molecule has 1 aliphatic carbocycles. The predicted octanol–water partition coefficient (Wildman–Crippen LogP) is 2.87. The summed E-state index contributed by atoms with van der Waals surface area (Å²) >= 11 is 0. The van der Waals surface area contributed by atoms with Gasteiger partial charge in [-0.1, -0.05) is 20.8 Å². The molecule has 2 nitrogen and oxygen atoms in total. The smallest absolute Gasteiger partial charge is 0.0357 e. The van der Waals surface area contributed by atoms with Gasteiger partial charge in [0.15, 0.2) is 0 Å². The Morgan fingerprint density at radius 3 is 2.50 bits per heavy atom. The summed E-state index contributed by atoms with van der Waals surface area (Å²) < 4.78 is 0. The molecule has 0 radical (unpaired) electrons. The summed E-state index contributed by atoms with van der Waals surface area (Å²) in [5.41, 5.74) is 6.38. The zero-order chi connectivity index (χ0) is 12.3. The highest BCUT2D eigenvalue weighted by atomic mass is 15.2. The van der Waals surface area contributed by atoms with E-state index in [9.17, 15) is 0 Å². The summed E-state index contributed by atoms with van der Waals surface area (Å²) in [4.78, 5) is 2.56. The standard InChI is InChI=1S/C14H30N2/c1-6-13(4)16(5)14(10-15)8-7-11(2)9-12(14)3/h11-13H,6-10,15H2,1-5H3. The summed E-state index contributed by atoms with van der Waals surface area (Å²) in [6, 6.07) is 0.638.